The number of aromatic nitrogens is 1. The van der Waals surface area contributed by atoms with Crippen LogP contribution in [0.25, 0.3) is 0 Å². The van der Waals surface area contributed by atoms with Gasteiger partial charge in [0, 0.05) is 31.1 Å². The lowest BCUT2D eigenvalue weighted by Crippen LogP contribution is -2.44. The smallest absolute Gasteiger partial charge is 0.243 e. The van der Waals surface area contributed by atoms with Crippen LogP contribution in [0, 0.1) is 19.8 Å². The molecule has 2 N–H and O–H groups in total. The van der Waals surface area contributed by atoms with E-state index in [2.05, 4.69) is 15.6 Å². The number of sulfonamides is 1. The Labute approximate surface area is 206 Å². The second-order valence-electron chi connectivity index (χ2n) is 7.48. The van der Waals surface area contributed by atoms with Crippen molar-refractivity contribution in [2.75, 3.05) is 26.2 Å². The molecule has 0 saturated carbocycles. The van der Waals surface area contributed by atoms with E-state index in [1.165, 1.54) is 4.88 Å². The van der Waals surface area contributed by atoms with Crippen LogP contribution in [0.2, 0.25) is 0 Å². The molecule has 0 unspecified atom stereocenters. The molecule has 0 bridgehead atoms. The van der Waals surface area contributed by atoms with E-state index >= 15 is 0 Å². The second-order valence-corrected chi connectivity index (χ2v) is 10.7. The average Bonchev–Trinajstić information content (AvgIpc) is 3.08. The highest BCUT2D eigenvalue weighted by atomic mass is 127. The number of piperidine rings is 1. The molecule has 1 aromatic carbocycles. The average molecular weight is 578 g/mol. The van der Waals surface area contributed by atoms with E-state index in [4.69, 9.17) is 4.99 Å². The minimum absolute atomic E-state index is 0. The molecular weight excluding hydrogens is 545 g/mol. The van der Waals surface area contributed by atoms with Crippen molar-refractivity contribution in [2.45, 2.75) is 45.1 Å². The van der Waals surface area contributed by atoms with Crippen LogP contribution >= 0.6 is 35.3 Å². The normalized spacial score (nSPS) is 16.0. The number of rotatable bonds is 7. The first kappa shape index (κ1) is 26.0. The van der Waals surface area contributed by atoms with Crippen LogP contribution in [0.4, 0.5) is 0 Å². The lowest BCUT2D eigenvalue weighted by atomic mass is 9.98. The van der Waals surface area contributed by atoms with Gasteiger partial charge in [-0.05, 0) is 51.7 Å². The molecule has 0 spiro atoms. The molecule has 0 aliphatic carbocycles. The molecule has 1 fully saturated rings. The SMILES string of the molecule is CCNC(=NCc1sc(C)nc1C)NCC1CCN(S(=O)(=O)c2ccccc2)CC1.I. The first-order valence-corrected chi connectivity index (χ1v) is 12.7. The summed E-state index contributed by atoms with van der Waals surface area (Å²) in [5.74, 6) is 1.21. The fraction of sp³-hybridized carbons (Fsp3) is 0.524. The van der Waals surface area contributed by atoms with Crippen molar-refractivity contribution in [1.29, 1.82) is 0 Å². The molecule has 3 rings (SSSR count). The van der Waals surface area contributed by atoms with E-state index in [9.17, 15) is 8.42 Å². The summed E-state index contributed by atoms with van der Waals surface area (Å²) in [5, 5.41) is 7.78. The van der Waals surface area contributed by atoms with Crippen LogP contribution in [0.3, 0.4) is 0 Å². The standard InChI is InChI=1S/C21H31N5O2S2.HI/c1-4-22-21(24-15-20-16(2)25-17(3)29-20)23-14-18-10-12-26(13-11-18)30(27,28)19-8-6-5-7-9-19;/h5-9,18H,4,10-15H2,1-3H3,(H2,22,23,24);1H. The summed E-state index contributed by atoms with van der Waals surface area (Å²) in [7, 11) is -3.39. The zero-order chi connectivity index (χ0) is 21.6. The number of hydrogen-bond donors (Lipinski definition) is 2. The van der Waals surface area contributed by atoms with Gasteiger partial charge >= 0.3 is 0 Å². The zero-order valence-electron chi connectivity index (χ0n) is 18.3. The molecule has 2 aromatic rings. The molecule has 31 heavy (non-hydrogen) atoms. The minimum atomic E-state index is -3.39. The van der Waals surface area contributed by atoms with E-state index < -0.39 is 10.0 Å². The Morgan fingerprint density at radius 2 is 1.87 bits per heavy atom. The van der Waals surface area contributed by atoms with Crippen LogP contribution < -0.4 is 10.6 Å². The fourth-order valence-corrected chi connectivity index (χ4v) is 5.90. The van der Waals surface area contributed by atoms with Crippen molar-refractivity contribution in [1.82, 2.24) is 19.9 Å². The van der Waals surface area contributed by atoms with Crippen molar-refractivity contribution in [2.24, 2.45) is 10.9 Å². The van der Waals surface area contributed by atoms with Crippen LogP contribution in [-0.4, -0.2) is 49.8 Å². The monoisotopic (exact) mass is 577 g/mol. The Morgan fingerprint density at radius 1 is 1.19 bits per heavy atom. The zero-order valence-corrected chi connectivity index (χ0v) is 22.3. The number of nitrogens with zero attached hydrogens (tertiary/aromatic N) is 3. The van der Waals surface area contributed by atoms with Crippen LogP contribution in [-0.2, 0) is 16.6 Å². The number of benzene rings is 1. The molecule has 0 amide bonds. The quantitative estimate of drug-likeness (QED) is 0.299. The summed E-state index contributed by atoms with van der Waals surface area (Å²) in [5.41, 5.74) is 1.05. The second kappa shape index (κ2) is 12.1. The number of aryl methyl sites for hydroxylation is 2. The van der Waals surface area contributed by atoms with Gasteiger partial charge in [0.15, 0.2) is 5.96 Å². The van der Waals surface area contributed by atoms with Gasteiger partial charge in [-0.15, -0.1) is 35.3 Å². The van der Waals surface area contributed by atoms with Gasteiger partial charge in [0.25, 0.3) is 0 Å². The molecule has 0 atom stereocenters. The minimum Gasteiger partial charge on any atom is -0.357 e. The summed E-state index contributed by atoms with van der Waals surface area (Å²) in [6, 6.07) is 8.68. The molecular formula is C21H32IN5O2S2. The number of aliphatic imine (C=N–C) groups is 1. The van der Waals surface area contributed by atoms with Crippen molar-refractivity contribution >= 4 is 51.3 Å². The molecule has 10 heteroatoms. The van der Waals surface area contributed by atoms with Crippen molar-refractivity contribution < 1.29 is 8.42 Å². The van der Waals surface area contributed by atoms with Crippen molar-refractivity contribution in [3.05, 3.63) is 45.9 Å². The largest absolute Gasteiger partial charge is 0.357 e. The van der Waals surface area contributed by atoms with Gasteiger partial charge in [-0.2, -0.15) is 4.31 Å². The third kappa shape index (κ3) is 7.13. The molecule has 1 saturated heterocycles. The maximum Gasteiger partial charge on any atom is 0.243 e. The molecule has 1 aliphatic heterocycles. The van der Waals surface area contributed by atoms with Crippen molar-refractivity contribution in [3.8, 4) is 0 Å². The summed E-state index contributed by atoms with van der Waals surface area (Å²) >= 11 is 1.69. The first-order chi connectivity index (χ1) is 14.4. The van der Waals surface area contributed by atoms with Gasteiger partial charge in [0.2, 0.25) is 10.0 Å². The number of guanidine groups is 1. The highest BCUT2D eigenvalue weighted by molar-refractivity contribution is 14.0. The highest BCUT2D eigenvalue weighted by Gasteiger charge is 2.29. The lowest BCUT2D eigenvalue weighted by Gasteiger charge is -2.31. The van der Waals surface area contributed by atoms with E-state index in [-0.39, 0.29) is 24.0 Å². The van der Waals surface area contributed by atoms with Gasteiger partial charge < -0.3 is 10.6 Å². The molecule has 1 aliphatic rings. The summed E-state index contributed by atoms with van der Waals surface area (Å²) in [6.07, 6.45) is 1.68. The van der Waals surface area contributed by atoms with E-state index in [0.29, 0.717) is 30.4 Å². The molecule has 0 radical (unpaired) electrons. The Kier molecular flexibility index (Phi) is 10.2. The predicted molar refractivity (Wildman–Crippen MR) is 138 cm³/mol. The Bertz CT molecular complexity index is 955. The first-order valence-electron chi connectivity index (χ1n) is 10.4. The Hall–Kier alpha value is -1.24. The van der Waals surface area contributed by atoms with Gasteiger partial charge in [-0.3, -0.25) is 0 Å². The highest BCUT2D eigenvalue weighted by Crippen LogP contribution is 2.23. The fourth-order valence-electron chi connectivity index (χ4n) is 3.55. The number of halogens is 1. The predicted octanol–water partition coefficient (Wildman–Crippen LogP) is 3.53. The van der Waals surface area contributed by atoms with Gasteiger partial charge in [-0.1, -0.05) is 18.2 Å². The number of hydrogen-bond acceptors (Lipinski definition) is 5. The molecule has 172 valence electrons. The Balaban J connectivity index is 0.00000341. The molecule has 1 aromatic heterocycles. The third-order valence-electron chi connectivity index (χ3n) is 5.24. The maximum atomic E-state index is 12.8. The third-order valence-corrected chi connectivity index (χ3v) is 8.21. The van der Waals surface area contributed by atoms with Crippen LogP contribution in [0.1, 0.15) is 35.3 Å². The van der Waals surface area contributed by atoms with E-state index in [1.54, 1.807) is 39.9 Å². The summed E-state index contributed by atoms with van der Waals surface area (Å²) < 4.78 is 27.1. The number of thiazole rings is 1. The van der Waals surface area contributed by atoms with E-state index in [1.807, 2.05) is 26.8 Å². The lowest BCUT2D eigenvalue weighted by molar-refractivity contribution is 0.273. The molecule has 7 nitrogen and oxygen atoms in total. The van der Waals surface area contributed by atoms with E-state index in [0.717, 1.165) is 42.6 Å². The molecule has 2 heterocycles. The maximum absolute atomic E-state index is 12.8. The van der Waals surface area contributed by atoms with Crippen molar-refractivity contribution in [3.63, 3.8) is 0 Å². The van der Waals surface area contributed by atoms with Gasteiger partial charge in [0.05, 0.1) is 22.1 Å². The topological polar surface area (TPSA) is 86.7 Å². The van der Waals surface area contributed by atoms with Gasteiger partial charge in [0.1, 0.15) is 0 Å². The Morgan fingerprint density at radius 3 is 2.45 bits per heavy atom. The van der Waals surface area contributed by atoms with Crippen LogP contribution in [0.15, 0.2) is 40.2 Å². The number of nitrogens with one attached hydrogen (secondary N) is 2. The van der Waals surface area contributed by atoms with Crippen LogP contribution in [0.5, 0.6) is 0 Å². The van der Waals surface area contributed by atoms with Gasteiger partial charge in [-0.25, -0.2) is 18.4 Å². The summed E-state index contributed by atoms with van der Waals surface area (Å²) in [4.78, 5) is 10.7. The summed E-state index contributed by atoms with van der Waals surface area (Å²) in [6.45, 7) is 9.37.